The fraction of sp³-hybridized carbons (Fsp3) is 0.533. The number of hydrogen-bond acceptors (Lipinski definition) is 8. The lowest BCUT2D eigenvalue weighted by atomic mass is 9.96. The Balaban J connectivity index is 1.47. The Hall–Kier alpha value is -3.90. The van der Waals surface area contributed by atoms with E-state index in [4.69, 9.17) is 11.5 Å². The van der Waals surface area contributed by atoms with E-state index in [9.17, 15) is 29.8 Å². The lowest BCUT2D eigenvalue weighted by Crippen LogP contribution is -2.32. The van der Waals surface area contributed by atoms with Gasteiger partial charge in [0, 0.05) is 46.5 Å². The summed E-state index contributed by atoms with van der Waals surface area (Å²) in [6.45, 7) is 3.21. The second kappa shape index (κ2) is 14.3. The molecule has 0 aliphatic carbocycles. The standard InChI is InChI=1S/C30H40N6O6/c31-29(37)21-11-13-23(27(19-21)35(39)40)25-9-3-1-5-15-33(25)17-7-8-18-34-16-6-2-4-10-26(34)24-14-12-22(30(32)38)20-28(24)36(41)42/h11-14,19-20,25-26H,1-10,15-18H2,(H2,31,37)(H2,32,38). The lowest BCUT2D eigenvalue weighted by Gasteiger charge is -2.32. The van der Waals surface area contributed by atoms with Crippen LogP contribution in [0, 0.1) is 20.2 Å². The van der Waals surface area contributed by atoms with E-state index in [0.717, 1.165) is 90.4 Å². The maximum atomic E-state index is 11.9. The van der Waals surface area contributed by atoms with Crippen LogP contribution in [-0.2, 0) is 0 Å². The molecule has 2 aromatic rings. The number of benzene rings is 2. The summed E-state index contributed by atoms with van der Waals surface area (Å²) in [4.78, 5) is 50.9. The van der Waals surface area contributed by atoms with Crippen LogP contribution in [0.25, 0.3) is 0 Å². The van der Waals surface area contributed by atoms with Crippen LogP contribution in [0.3, 0.4) is 0 Å². The third kappa shape index (κ3) is 7.48. The van der Waals surface area contributed by atoms with Gasteiger partial charge in [0.15, 0.2) is 0 Å². The van der Waals surface area contributed by atoms with Crippen LogP contribution in [0.15, 0.2) is 36.4 Å². The third-order valence-electron chi connectivity index (χ3n) is 8.61. The lowest BCUT2D eigenvalue weighted by molar-refractivity contribution is -0.386. The van der Waals surface area contributed by atoms with Crippen molar-refractivity contribution in [1.82, 2.24) is 9.80 Å². The zero-order chi connectivity index (χ0) is 30.2. The number of nitrogens with two attached hydrogens (primary N) is 2. The molecule has 2 heterocycles. The highest BCUT2D eigenvalue weighted by Gasteiger charge is 2.31. The minimum absolute atomic E-state index is 0.0699. The average molecular weight is 581 g/mol. The number of primary amides is 2. The van der Waals surface area contributed by atoms with Crippen LogP contribution < -0.4 is 11.5 Å². The highest BCUT2D eigenvalue weighted by atomic mass is 16.6. The maximum Gasteiger partial charge on any atom is 0.274 e. The molecule has 0 bridgehead atoms. The van der Waals surface area contributed by atoms with Gasteiger partial charge in [0.05, 0.1) is 9.85 Å². The van der Waals surface area contributed by atoms with Crippen molar-refractivity contribution >= 4 is 23.2 Å². The number of unbranched alkanes of at least 4 members (excludes halogenated alkanes) is 1. The Morgan fingerprint density at radius 2 is 1.10 bits per heavy atom. The summed E-state index contributed by atoms with van der Waals surface area (Å²) in [5.41, 5.74) is 12.1. The molecule has 2 aromatic carbocycles. The zero-order valence-electron chi connectivity index (χ0n) is 23.9. The first-order valence-electron chi connectivity index (χ1n) is 14.8. The van der Waals surface area contributed by atoms with Gasteiger partial charge in [-0.1, -0.05) is 25.7 Å². The van der Waals surface area contributed by atoms with E-state index >= 15 is 0 Å². The third-order valence-corrected chi connectivity index (χ3v) is 8.61. The molecule has 2 aliphatic rings. The second-order valence-corrected chi connectivity index (χ2v) is 11.3. The summed E-state index contributed by atoms with van der Waals surface area (Å²) in [5.74, 6) is -1.38. The van der Waals surface area contributed by atoms with Crippen molar-refractivity contribution in [1.29, 1.82) is 0 Å². The summed E-state index contributed by atoms with van der Waals surface area (Å²) >= 11 is 0. The van der Waals surface area contributed by atoms with Crippen LogP contribution in [0.1, 0.15) is 108 Å². The molecule has 0 aromatic heterocycles. The van der Waals surface area contributed by atoms with E-state index in [-0.39, 0.29) is 34.6 Å². The topological polar surface area (TPSA) is 179 Å². The van der Waals surface area contributed by atoms with Gasteiger partial charge in [0.1, 0.15) is 0 Å². The molecule has 2 fully saturated rings. The smallest absolute Gasteiger partial charge is 0.274 e. The molecule has 4 rings (SSSR count). The van der Waals surface area contributed by atoms with Gasteiger partial charge in [-0.2, -0.15) is 0 Å². The van der Waals surface area contributed by atoms with Crippen LogP contribution in [-0.4, -0.2) is 57.6 Å². The Morgan fingerprint density at radius 3 is 1.45 bits per heavy atom. The molecule has 2 amide bonds. The Kier molecular flexibility index (Phi) is 10.6. The monoisotopic (exact) mass is 580 g/mol. The highest BCUT2D eigenvalue weighted by molar-refractivity contribution is 5.94. The number of nitro groups is 2. The van der Waals surface area contributed by atoms with E-state index in [0.29, 0.717) is 11.1 Å². The predicted molar refractivity (Wildman–Crippen MR) is 158 cm³/mol. The zero-order valence-corrected chi connectivity index (χ0v) is 23.9. The summed E-state index contributed by atoms with van der Waals surface area (Å²) in [5, 5.41) is 23.9. The number of nitrogens with zero attached hydrogens (tertiary/aromatic N) is 4. The number of carbonyl (C=O) groups excluding carboxylic acids is 2. The van der Waals surface area contributed by atoms with Gasteiger partial charge in [-0.25, -0.2) is 0 Å². The van der Waals surface area contributed by atoms with Crippen molar-refractivity contribution in [3.05, 3.63) is 78.9 Å². The molecule has 2 atom stereocenters. The molecule has 0 saturated carbocycles. The maximum absolute atomic E-state index is 11.9. The molecule has 12 nitrogen and oxygen atoms in total. The van der Waals surface area contributed by atoms with E-state index in [1.165, 1.54) is 12.1 Å². The van der Waals surface area contributed by atoms with Gasteiger partial charge in [0.25, 0.3) is 11.4 Å². The highest BCUT2D eigenvalue weighted by Crippen LogP contribution is 2.38. The van der Waals surface area contributed by atoms with Crippen molar-refractivity contribution in [2.24, 2.45) is 11.5 Å². The number of carbonyl (C=O) groups is 2. The quantitative estimate of drug-likeness (QED) is 0.211. The number of nitro benzene ring substituents is 2. The molecular weight excluding hydrogens is 540 g/mol. The first kappa shape index (κ1) is 31.0. The SMILES string of the molecule is NC(=O)c1ccc(C2CCCCCN2CCCCN2CCCCCC2c2ccc(C(N)=O)cc2[N+](=O)[O-])c([N+](=O)[O-])c1. The Bertz CT molecular complexity index is 1220. The van der Waals surface area contributed by atoms with Crippen LogP contribution >= 0.6 is 0 Å². The molecule has 2 unspecified atom stereocenters. The van der Waals surface area contributed by atoms with Gasteiger partial charge in [-0.15, -0.1) is 0 Å². The Morgan fingerprint density at radius 1 is 0.690 bits per heavy atom. The van der Waals surface area contributed by atoms with Gasteiger partial charge in [0.2, 0.25) is 11.8 Å². The van der Waals surface area contributed by atoms with Crippen molar-refractivity contribution in [3.8, 4) is 0 Å². The second-order valence-electron chi connectivity index (χ2n) is 11.3. The summed E-state index contributed by atoms with van der Waals surface area (Å²) in [6, 6.07) is 8.84. The van der Waals surface area contributed by atoms with Crippen molar-refractivity contribution in [2.45, 2.75) is 76.3 Å². The fourth-order valence-electron chi connectivity index (χ4n) is 6.48. The molecular formula is C30H40N6O6. The molecule has 42 heavy (non-hydrogen) atoms. The van der Waals surface area contributed by atoms with Crippen molar-refractivity contribution < 1.29 is 19.4 Å². The molecule has 2 aliphatic heterocycles. The number of hydrogen-bond donors (Lipinski definition) is 2. The molecule has 4 N–H and O–H groups in total. The van der Waals surface area contributed by atoms with Crippen molar-refractivity contribution in [3.63, 3.8) is 0 Å². The van der Waals surface area contributed by atoms with Gasteiger partial charge < -0.3 is 11.5 Å². The predicted octanol–water partition coefficient (Wildman–Crippen LogP) is 5.02. The van der Waals surface area contributed by atoms with E-state index in [2.05, 4.69) is 9.80 Å². The molecule has 0 spiro atoms. The number of rotatable bonds is 11. The van der Waals surface area contributed by atoms with E-state index < -0.39 is 21.7 Å². The minimum Gasteiger partial charge on any atom is -0.366 e. The van der Waals surface area contributed by atoms with Crippen LogP contribution in [0.4, 0.5) is 11.4 Å². The fourth-order valence-corrected chi connectivity index (χ4v) is 6.48. The number of likely N-dealkylation sites (tertiary alicyclic amines) is 2. The molecule has 2 saturated heterocycles. The first-order valence-corrected chi connectivity index (χ1v) is 14.8. The normalized spacial score (nSPS) is 20.4. The van der Waals surface area contributed by atoms with E-state index in [1.54, 1.807) is 24.3 Å². The number of amides is 2. The average Bonchev–Trinajstić information content (AvgIpc) is 3.35. The summed E-state index contributed by atoms with van der Waals surface area (Å²) in [6.07, 6.45) is 9.44. The summed E-state index contributed by atoms with van der Waals surface area (Å²) in [7, 11) is 0. The van der Waals surface area contributed by atoms with Crippen LogP contribution in [0.2, 0.25) is 0 Å². The van der Waals surface area contributed by atoms with E-state index in [1.807, 2.05) is 0 Å². The largest absolute Gasteiger partial charge is 0.366 e. The minimum atomic E-state index is -0.691. The van der Waals surface area contributed by atoms with Crippen LogP contribution in [0.5, 0.6) is 0 Å². The molecule has 0 radical (unpaired) electrons. The molecule has 226 valence electrons. The molecule has 12 heteroatoms. The van der Waals surface area contributed by atoms with Gasteiger partial charge in [-0.05, 0) is 89.0 Å². The first-order chi connectivity index (χ1) is 20.2. The van der Waals surface area contributed by atoms with Crippen molar-refractivity contribution in [2.75, 3.05) is 26.2 Å². The Labute approximate surface area is 245 Å². The summed E-state index contributed by atoms with van der Waals surface area (Å²) < 4.78 is 0. The van der Waals surface area contributed by atoms with Gasteiger partial charge >= 0.3 is 0 Å². The van der Waals surface area contributed by atoms with Gasteiger partial charge in [-0.3, -0.25) is 39.6 Å².